The average molecular weight is 277 g/mol. The Morgan fingerprint density at radius 1 is 1.55 bits per heavy atom. The van der Waals surface area contributed by atoms with Crippen molar-refractivity contribution in [2.75, 3.05) is 13.1 Å². The summed E-state index contributed by atoms with van der Waals surface area (Å²) in [6.45, 7) is 5.07. The molecule has 1 saturated heterocycles. The lowest BCUT2D eigenvalue weighted by molar-refractivity contribution is -0.131. The van der Waals surface area contributed by atoms with Gasteiger partial charge in [0.2, 0.25) is 0 Å². The Bertz CT molecular complexity index is 513. The first-order valence-corrected chi connectivity index (χ1v) is 7.00. The normalized spacial score (nSPS) is 19.8. The number of benzene rings is 1. The van der Waals surface area contributed by atoms with Gasteiger partial charge >= 0.3 is 5.97 Å². The second-order valence-electron chi connectivity index (χ2n) is 5.31. The van der Waals surface area contributed by atoms with Gasteiger partial charge in [0.15, 0.2) is 0 Å². The molecule has 108 valence electrons. The SMILES string of the molecule is CCC1CCN(Cc2ccc(F)cc2/C=C/C(=O)O)C1. The maximum Gasteiger partial charge on any atom is 0.328 e. The third-order valence-corrected chi connectivity index (χ3v) is 3.85. The fourth-order valence-electron chi connectivity index (χ4n) is 2.66. The second-order valence-corrected chi connectivity index (χ2v) is 5.31. The molecule has 1 aromatic carbocycles. The van der Waals surface area contributed by atoms with Crippen molar-refractivity contribution in [2.24, 2.45) is 5.92 Å². The molecule has 4 heteroatoms. The molecular weight excluding hydrogens is 257 g/mol. The van der Waals surface area contributed by atoms with Crippen molar-refractivity contribution in [1.82, 2.24) is 4.90 Å². The molecule has 0 saturated carbocycles. The third-order valence-electron chi connectivity index (χ3n) is 3.85. The Hall–Kier alpha value is -1.68. The van der Waals surface area contributed by atoms with Crippen molar-refractivity contribution in [3.63, 3.8) is 0 Å². The molecule has 0 aromatic heterocycles. The van der Waals surface area contributed by atoms with Gasteiger partial charge < -0.3 is 5.11 Å². The number of aliphatic carboxylic acids is 1. The molecule has 1 atom stereocenters. The Balaban J connectivity index is 2.12. The van der Waals surface area contributed by atoms with Crippen LogP contribution >= 0.6 is 0 Å². The van der Waals surface area contributed by atoms with E-state index in [1.165, 1.54) is 31.1 Å². The zero-order valence-electron chi connectivity index (χ0n) is 11.7. The summed E-state index contributed by atoms with van der Waals surface area (Å²) in [7, 11) is 0. The Kier molecular flexibility index (Phi) is 4.90. The molecular formula is C16H20FNO2. The van der Waals surface area contributed by atoms with Gasteiger partial charge in [0.1, 0.15) is 5.82 Å². The van der Waals surface area contributed by atoms with Crippen LogP contribution < -0.4 is 0 Å². The number of carbonyl (C=O) groups is 1. The van der Waals surface area contributed by atoms with E-state index >= 15 is 0 Å². The van der Waals surface area contributed by atoms with Crippen LogP contribution in [0.1, 0.15) is 30.9 Å². The molecule has 3 nitrogen and oxygen atoms in total. The third kappa shape index (κ3) is 3.90. The van der Waals surface area contributed by atoms with Gasteiger partial charge in [-0.25, -0.2) is 9.18 Å². The number of rotatable bonds is 5. The van der Waals surface area contributed by atoms with E-state index in [9.17, 15) is 9.18 Å². The lowest BCUT2D eigenvalue weighted by Gasteiger charge is -2.17. The summed E-state index contributed by atoms with van der Waals surface area (Å²) in [5, 5.41) is 8.69. The maximum absolute atomic E-state index is 13.3. The molecule has 0 bridgehead atoms. The molecule has 1 aliphatic rings. The largest absolute Gasteiger partial charge is 0.478 e. The van der Waals surface area contributed by atoms with Gasteiger partial charge in [-0.05, 0) is 48.2 Å². The minimum Gasteiger partial charge on any atom is -0.478 e. The summed E-state index contributed by atoms with van der Waals surface area (Å²) < 4.78 is 13.3. The molecule has 2 rings (SSSR count). The van der Waals surface area contributed by atoms with Gasteiger partial charge in [-0.2, -0.15) is 0 Å². The predicted octanol–water partition coefficient (Wildman–Crippen LogP) is 3.16. The fraction of sp³-hybridized carbons (Fsp3) is 0.438. The number of likely N-dealkylation sites (tertiary alicyclic amines) is 1. The van der Waals surface area contributed by atoms with Crippen LogP contribution in [0.4, 0.5) is 4.39 Å². The number of halogens is 1. The van der Waals surface area contributed by atoms with Crippen molar-refractivity contribution in [3.05, 3.63) is 41.2 Å². The van der Waals surface area contributed by atoms with Gasteiger partial charge in [0.25, 0.3) is 0 Å². The lowest BCUT2D eigenvalue weighted by atomic mass is 10.1. The topological polar surface area (TPSA) is 40.5 Å². The monoisotopic (exact) mass is 277 g/mol. The van der Waals surface area contributed by atoms with Gasteiger partial charge in [-0.15, -0.1) is 0 Å². The van der Waals surface area contributed by atoms with E-state index in [2.05, 4.69) is 11.8 Å². The Labute approximate surface area is 118 Å². The molecule has 1 aromatic rings. The molecule has 0 spiro atoms. The summed E-state index contributed by atoms with van der Waals surface area (Å²) in [6, 6.07) is 4.57. The Morgan fingerprint density at radius 2 is 2.35 bits per heavy atom. The number of hydrogen-bond acceptors (Lipinski definition) is 2. The lowest BCUT2D eigenvalue weighted by Crippen LogP contribution is -2.20. The average Bonchev–Trinajstić information content (AvgIpc) is 2.86. The van der Waals surface area contributed by atoms with Crippen LogP contribution in [-0.2, 0) is 11.3 Å². The molecule has 0 aliphatic carbocycles. The highest BCUT2D eigenvalue weighted by Gasteiger charge is 2.21. The van der Waals surface area contributed by atoms with Crippen LogP contribution in [0.15, 0.2) is 24.3 Å². The molecule has 0 amide bonds. The summed E-state index contributed by atoms with van der Waals surface area (Å²) >= 11 is 0. The number of carboxylic acid groups (broad SMARTS) is 1. The molecule has 20 heavy (non-hydrogen) atoms. The maximum atomic E-state index is 13.3. The van der Waals surface area contributed by atoms with Crippen LogP contribution in [0.3, 0.4) is 0 Å². The van der Waals surface area contributed by atoms with E-state index in [0.29, 0.717) is 5.56 Å². The standard InChI is InChI=1S/C16H20FNO2/c1-2-12-7-8-18(10-12)11-14-3-5-15(17)9-13(14)4-6-16(19)20/h3-6,9,12H,2,7-8,10-11H2,1H3,(H,19,20)/b6-4+. The van der Waals surface area contributed by atoms with Gasteiger partial charge in [0.05, 0.1) is 0 Å². The predicted molar refractivity (Wildman–Crippen MR) is 76.7 cm³/mol. The van der Waals surface area contributed by atoms with Gasteiger partial charge in [0, 0.05) is 19.2 Å². The zero-order valence-corrected chi connectivity index (χ0v) is 11.7. The smallest absolute Gasteiger partial charge is 0.328 e. The molecule has 1 aliphatic heterocycles. The van der Waals surface area contributed by atoms with Crippen molar-refractivity contribution in [1.29, 1.82) is 0 Å². The van der Waals surface area contributed by atoms with E-state index in [-0.39, 0.29) is 5.82 Å². The minimum atomic E-state index is -1.02. The van der Waals surface area contributed by atoms with Crippen molar-refractivity contribution in [2.45, 2.75) is 26.3 Å². The highest BCUT2D eigenvalue weighted by atomic mass is 19.1. The van der Waals surface area contributed by atoms with Crippen molar-refractivity contribution < 1.29 is 14.3 Å². The Morgan fingerprint density at radius 3 is 3.00 bits per heavy atom. The van der Waals surface area contributed by atoms with E-state index in [4.69, 9.17) is 5.11 Å². The second kappa shape index (κ2) is 6.66. The van der Waals surface area contributed by atoms with E-state index in [1.807, 2.05) is 0 Å². The first kappa shape index (κ1) is 14.7. The highest BCUT2D eigenvalue weighted by molar-refractivity contribution is 5.85. The number of hydrogen-bond donors (Lipinski definition) is 1. The van der Waals surface area contributed by atoms with Crippen LogP contribution in [0.25, 0.3) is 6.08 Å². The van der Waals surface area contributed by atoms with Crippen LogP contribution in [0.2, 0.25) is 0 Å². The summed E-state index contributed by atoms with van der Waals surface area (Å²) in [6.07, 6.45) is 4.91. The quantitative estimate of drug-likeness (QED) is 0.840. The summed E-state index contributed by atoms with van der Waals surface area (Å²) in [4.78, 5) is 13.0. The van der Waals surface area contributed by atoms with Crippen LogP contribution in [0.5, 0.6) is 0 Å². The van der Waals surface area contributed by atoms with Crippen molar-refractivity contribution in [3.8, 4) is 0 Å². The first-order chi connectivity index (χ1) is 9.58. The van der Waals surface area contributed by atoms with Gasteiger partial charge in [-0.1, -0.05) is 19.4 Å². The molecule has 0 radical (unpaired) electrons. The fourth-order valence-corrected chi connectivity index (χ4v) is 2.66. The van der Waals surface area contributed by atoms with Gasteiger partial charge in [-0.3, -0.25) is 4.90 Å². The van der Waals surface area contributed by atoms with E-state index in [1.54, 1.807) is 6.07 Å². The van der Waals surface area contributed by atoms with Crippen molar-refractivity contribution >= 4 is 12.0 Å². The van der Waals surface area contributed by atoms with Crippen LogP contribution in [0, 0.1) is 11.7 Å². The minimum absolute atomic E-state index is 0.341. The van der Waals surface area contributed by atoms with E-state index in [0.717, 1.165) is 37.2 Å². The zero-order chi connectivity index (χ0) is 14.5. The summed E-state index contributed by atoms with van der Waals surface area (Å²) in [5.74, 6) is -0.618. The van der Waals surface area contributed by atoms with Crippen LogP contribution in [-0.4, -0.2) is 29.1 Å². The number of carboxylic acids is 1. The molecule has 1 unspecified atom stereocenters. The number of nitrogens with zero attached hydrogens (tertiary/aromatic N) is 1. The summed E-state index contributed by atoms with van der Waals surface area (Å²) in [5.41, 5.74) is 1.62. The highest BCUT2D eigenvalue weighted by Crippen LogP contribution is 2.23. The molecule has 1 N–H and O–H groups in total. The molecule has 1 fully saturated rings. The van der Waals surface area contributed by atoms with E-state index < -0.39 is 5.97 Å². The molecule has 1 heterocycles. The first-order valence-electron chi connectivity index (χ1n) is 7.00.